The zero-order chi connectivity index (χ0) is 12.1. The molecule has 17 heavy (non-hydrogen) atoms. The van der Waals surface area contributed by atoms with Crippen molar-refractivity contribution in [2.75, 3.05) is 6.54 Å². The molecule has 0 aliphatic heterocycles. The van der Waals surface area contributed by atoms with Crippen molar-refractivity contribution in [2.45, 2.75) is 6.42 Å². The maximum atomic E-state index is 11.7. The Bertz CT molecular complexity index is 497. The van der Waals surface area contributed by atoms with Gasteiger partial charge in [0.15, 0.2) is 12.4 Å². The summed E-state index contributed by atoms with van der Waals surface area (Å²) in [4.78, 5) is 12.9. The molecular weight excluding hydrogens is 236 g/mol. The van der Waals surface area contributed by atoms with Gasteiger partial charge in [-0.3, -0.25) is 4.79 Å². The molecule has 1 N–H and O–H groups in total. The van der Waals surface area contributed by atoms with Gasteiger partial charge < -0.3 is 10.5 Å². The lowest BCUT2D eigenvalue weighted by atomic mass is 10.2. The van der Waals surface area contributed by atoms with Gasteiger partial charge in [-0.25, -0.2) is 0 Å². The molecular formula is C12H12N2O2S. The minimum absolute atomic E-state index is 0.216. The lowest BCUT2D eigenvalue weighted by Crippen LogP contribution is -2.30. The molecule has 88 valence electrons. The van der Waals surface area contributed by atoms with Crippen molar-refractivity contribution in [3.05, 3.63) is 57.7 Å². The third kappa shape index (κ3) is 3.29. The fourth-order valence-corrected chi connectivity index (χ4v) is 2.15. The van der Waals surface area contributed by atoms with E-state index in [0.717, 1.165) is 6.42 Å². The van der Waals surface area contributed by atoms with E-state index in [1.54, 1.807) is 23.5 Å². The molecule has 1 amide bonds. The molecule has 4 nitrogen and oxygen atoms in total. The highest BCUT2D eigenvalue weighted by Gasteiger charge is 2.07. The Hall–Kier alpha value is -1.88. The van der Waals surface area contributed by atoms with Gasteiger partial charge in [0.1, 0.15) is 5.56 Å². The summed E-state index contributed by atoms with van der Waals surface area (Å²) < 4.78 is 0.619. The first-order chi connectivity index (χ1) is 8.25. The minimum atomic E-state index is -0.216. The van der Waals surface area contributed by atoms with Gasteiger partial charge in [-0.2, -0.15) is 4.73 Å². The summed E-state index contributed by atoms with van der Waals surface area (Å²) in [5.74, 6) is -0.216. The van der Waals surface area contributed by atoms with Crippen LogP contribution in [0, 0.1) is 5.21 Å². The Morgan fingerprint density at radius 2 is 2.29 bits per heavy atom. The van der Waals surface area contributed by atoms with Gasteiger partial charge >= 0.3 is 0 Å². The molecule has 0 aliphatic rings. The van der Waals surface area contributed by atoms with Crippen molar-refractivity contribution in [1.29, 1.82) is 0 Å². The first-order valence-corrected chi connectivity index (χ1v) is 6.13. The highest BCUT2D eigenvalue weighted by molar-refractivity contribution is 7.09. The molecule has 0 saturated carbocycles. The maximum Gasteiger partial charge on any atom is 0.257 e. The average molecular weight is 248 g/mol. The van der Waals surface area contributed by atoms with Gasteiger partial charge in [0, 0.05) is 17.5 Å². The highest BCUT2D eigenvalue weighted by atomic mass is 32.1. The molecule has 0 aromatic carbocycles. The second-order valence-corrected chi connectivity index (χ2v) is 4.57. The summed E-state index contributed by atoms with van der Waals surface area (Å²) in [5, 5.41) is 15.8. The quantitative estimate of drug-likeness (QED) is 0.656. The number of amides is 1. The fourth-order valence-electron chi connectivity index (χ4n) is 1.45. The zero-order valence-electron chi connectivity index (χ0n) is 9.13. The van der Waals surface area contributed by atoms with E-state index in [-0.39, 0.29) is 5.91 Å². The van der Waals surface area contributed by atoms with Crippen LogP contribution in [0.15, 0.2) is 42.0 Å². The number of carbonyl (C=O) groups excluding carboxylic acids is 1. The van der Waals surface area contributed by atoms with Crippen LogP contribution in [0.4, 0.5) is 0 Å². The van der Waals surface area contributed by atoms with Crippen LogP contribution < -0.4 is 10.0 Å². The molecule has 0 radical (unpaired) electrons. The van der Waals surface area contributed by atoms with E-state index in [1.165, 1.54) is 17.3 Å². The molecule has 2 aromatic rings. The summed E-state index contributed by atoms with van der Waals surface area (Å²) in [6.45, 7) is 0.576. The second kappa shape index (κ2) is 5.45. The fraction of sp³-hybridized carbons (Fsp3) is 0.167. The van der Waals surface area contributed by atoms with Crippen LogP contribution in [-0.2, 0) is 6.42 Å². The number of thiophene rings is 1. The summed E-state index contributed by atoms with van der Waals surface area (Å²) in [7, 11) is 0. The summed E-state index contributed by atoms with van der Waals surface area (Å²) >= 11 is 1.67. The number of nitrogens with one attached hydrogen (secondary N) is 1. The Balaban J connectivity index is 1.85. The van der Waals surface area contributed by atoms with E-state index in [0.29, 0.717) is 16.8 Å². The van der Waals surface area contributed by atoms with E-state index in [4.69, 9.17) is 0 Å². The molecule has 0 bridgehead atoms. The number of aromatic nitrogens is 1. The van der Waals surface area contributed by atoms with Crippen molar-refractivity contribution >= 4 is 17.2 Å². The van der Waals surface area contributed by atoms with Crippen molar-refractivity contribution in [1.82, 2.24) is 5.32 Å². The van der Waals surface area contributed by atoms with Crippen molar-refractivity contribution in [2.24, 2.45) is 0 Å². The van der Waals surface area contributed by atoms with Crippen LogP contribution in [0.1, 0.15) is 15.2 Å². The van der Waals surface area contributed by atoms with Crippen LogP contribution in [0.2, 0.25) is 0 Å². The van der Waals surface area contributed by atoms with Gasteiger partial charge in [-0.15, -0.1) is 11.3 Å². The van der Waals surface area contributed by atoms with Crippen LogP contribution in [0.5, 0.6) is 0 Å². The van der Waals surface area contributed by atoms with E-state index < -0.39 is 0 Å². The third-order valence-corrected chi connectivity index (χ3v) is 3.21. The first kappa shape index (κ1) is 11.6. The van der Waals surface area contributed by atoms with Crippen LogP contribution in [0.3, 0.4) is 0 Å². The van der Waals surface area contributed by atoms with Gasteiger partial charge in [-0.1, -0.05) is 6.07 Å². The predicted octanol–water partition coefficient (Wildman–Crippen LogP) is 1.35. The van der Waals surface area contributed by atoms with Crippen molar-refractivity contribution < 1.29 is 9.52 Å². The molecule has 0 atom stereocenters. The van der Waals surface area contributed by atoms with Gasteiger partial charge in [0.05, 0.1) is 0 Å². The Kier molecular flexibility index (Phi) is 3.72. The van der Waals surface area contributed by atoms with E-state index in [2.05, 4.69) is 5.32 Å². The number of hydrogen-bond donors (Lipinski definition) is 1. The van der Waals surface area contributed by atoms with Crippen molar-refractivity contribution in [3.8, 4) is 0 Å². The number of hydrogen-bond acceptors (Lipinski definition) is 3. The largest absolute Gasteiger partial charge is 0.619 e. The molecule has 2 heterocycles. The van der Waals surface area contributed by atoms with E-state index >= 15 is 0 Å². The number of carbonyl (C=O) groups is 1. The molecule has 2 rings (SSSR count). The Morgan fingerprint density at radius 1 is 1.41 bits per heavy atom. The zero-order valence-corrected chi connectivity index (χ0v) is 9.94. The van der Waals surface area contributed by atoms with Crippen LogP contribution >= 0.6 is 11.3 Å². The normalized spacial score (nSPS) is 10.1. The smallest absolute Gasteiger partial charge is 0.257 e. The molecule has 0 unspecified atom stereocenters. The number of nitrogens with zero attached hydrogens (tertiary/aromatic N) is 1. The highest BCUT2D eigenvalue weighted by Crippen LogP contribution is 2.08. The van der Waals surface area contributed by atoms with Gasteiger partial charge in [-0.05, 0) is 23.9 Å². The first-order valence-electron chi connectivity index (χ1n) is 5.25. The lowest BCUT2D eigenvalue weighted by Gasteiger charge is -2.03. The summed E-state index contributed by atoms with van der Waals surface area (Å²) in [6.07, 6.45) is 3.43. The second-order valence-electron chi connectivity index (χ2n) is 3.54. The van der Waals surface area contributed by atoms with Crippen LogP contribution in [-0.4, -0.2) is 12.5 Å². The minimum Gasteiger partial charge on any atom is -0.619 e. The molecule has 0 saturated heterocycles. The topological polar surface area (TPSA) is 56.0 Å². The monoisotopic (exact) mass is 248 g/mol. The predicted molar refractivity (Wildman–Crippen MR) is 65.8 cm³/mol. The van der Waals surface area contributed by atoms with Gasteiger partial charge in [0.25, 0.3) is 5.91 Å². The molecule has 5 heteroatoms. The van der Waals surface area contributed by atoms with Crippen molar-refractivity contribution in [3.63, 3.8) is 0 Å². The molecule has 0 aliphatic carbocycles. The number of rotatable bonds is 4. The molecule has 2 aromatic heterocycles. The van der Waals surface area contributed by atoms with Crippen LogP contribution in [0.25, 0.3) is 0 Å². The average Bonchev–Trinajstić information content (AvgIpc) is 2.82. The standard InChI is InChI=1S/C12H12N2O2S/c15-12(10-3-1-7-14(16)9-10)13-6-5-11-4-2-8-17-11/h1-4,7-9H,5-6H2,(H,13,15). The third-order valence-electron chi connectivity index (χ3n) is 2.27. The maximum absolute atomic E-state index is 11.7. The molecule has 0 spiro atoms. The summed E-state index contributed by atoms with van der Waals surface area (Å²) in [5.41, 5.74) is 0.383. The Labute approximate surface area is 103 Å². The van der Waals surface area contributed by atoms with E-state index in [9.17, 15) is 10.0 Å². The van der Waals surface area contributed by atoms with E-state index in [1.807, 2.05) is 17.5 Å². The Morgan fingerprint density at radius 3 is 3.00 bits per heavy atom. The summed E-state index contributed by atoms with van der Waals surface area (Å²) in [6, 6.07) is 7.19. The SMILES string of the molecule is O=C(NCCc1cccs1)c1ccc[n+]([O-])c1. The lowest BCUT2D eigenvalue weighted by molar-refractivity contribution is -0.605. The van der Waals surface area contributed by atoms with Gasteiger partial charge in [0.2, 0.25) is 0 Å². The molecule has 0 fully saturated rings. The number of pyridine rings is 1.